The van der Waals surface area contributed by atoms with E-state index in [9.17, 15) is 0 Å². The first-order chi connectivity index (χ1) is 8.70. The molecular weight excluding hydrogens is 292 g/mol. The molecule has 5 heteroatoms. The highest BCUT2D eigenvalue weighted by atomic mass is 79.9. The van der Waals surface area contributed by atoms with E-state index in [2.05, 4.69) is 50.4 Å². The monoisotopic (exact) mass is 312 g/mol. The van der Waals surface area contributed by atoms with Crippen molar-refractivity contribution in [2.75, 3.05) is 17.2 Å². The van der Waals surface area contributed by atoms with Gasteiger partial charge in [-0.1, -0.05) is 20.3 Å². The van der Waals surface area contributed by atoms with Crippen LogP contribution in [-0.4, -0.2) is 22.6 Å². The topological polar surface area (TPSA) is 49.8 Å². The molecule has 0 saturated heterocycles. The highest BCUT2D eigenvalue weighted by Gasteiger charge is 2.24. The smallest absolute Gasteiger partial charge is 0.224 e. The molecule has 1 fully saturated rings. The highest BCUT2D eigenvalue weighted by molar-refractivity contribution is 9.10. The van der Waals surface area contributed by atoms with E-state index in [4.69, 9.17) is 0 Å². The number of hydrogen-bond donors (Lipinski definition) is 2. The van der Waals surface area contributed by atoms with Gasteiger partial charge >= 0.3 is 0 Å². The minimum absolute atomic E-state index is 0.537. The minimum atomic E-state index is 0.537. The van der Waals surface area contributed by atoms with Crippen molar-refractivity contribution in [2.45, 2.75) is 45.6 Å². The first kappa shape index (κ1) is 13.6. The first-order valence-corrected chi connectivity index (χ1v) is 7.53. The Hall–Kier alpha value is -0.840. The van der Waals surface area contributed by atoms with Crippen LogP contribution < -0.4 is 10.6 Å². The second-order valence-corrected chi connectivity index (χ2v) is 5.83. The van der Waals surface area contributed by atoms with Crippen molar-refractivity contribution in [1.29, 1.82) is 0 Å². The number of nitrogens with one attached hydrogen (secondary N) is 2. The lowest BCUT2D eigenvalue weighted by atomic mass is 10.1. The minimum Gasteiger partial charge on any atom is -0.366 e. The van der Waals surface area contributed by atoms with Crippen molar-refractivity contribution in [1.82, 2.24) is 9.97 Å². The summed E-state index contributed by atoms with van der Waals surface area (Å²) in [5, 5.41) is 6.75. The van der Waals surface area contributed by atoms with Gasteiger partial charge in [0.05, 0.1) is 4.47 Å². The molecule has 2 unspecified atom stereocenters. The van der Waals surface area contributed by atoms with Crippen LogP contribution in [0.15, 0.2) is 10.7 Å². The average molecular weight is 313 g/mol. The maximum absolute atomic E-state index is 4.53. The van der Waals surface area contributed by atoms with Crippen LogP contribution in [0.1, 0.15) is 39.5 Å². The molecule has 0 aromatic carbocycles. The van der Waals surface area contributed by atoms with Crippen molar-refractivity contribution in [3.8, 4) is 0 Å². The van der Waals surface area contributed by atoms with Gasteiger partial charge in [-0.15, -0.1) is 0 Å². The Balaban J connectivity index is 2.06. The van der Waals surface area contributed by atoms with Crippen LogP contribution in [0.3, 0.4) is 0 Å². The Kier molecular flexibility index (Phi) is 4.80. The van der Waals surface area contributed by atoms with E-state index in [1.165, 1.54) is 19.3 Å². The Bertz CT molecular complexity index is 397. The van der Waals surface area contributed by atoms with Gasteiger partial charge in [0.1, 0.15) is 5.82 Å². The van der Waals surface area contributed by atoms with Crippen LogP contribution in [0.2, 0.25) is 0 Å². The van der Waals surface area contributed by atoms with E-state index in [0.717, 1.165) is 29.2 Å². The fourth-order valence-electron chi connectivity index (χ4n) is 2.33. The number of rotatable bonds is 5. The van der Waals surface area contributed by atoms with E-state index in [1.807, 2.05) is 6.20 Å². The molecule has 4 nitrogen and oxygen atoms in total. The van der Waals surface area contributed by atoms with Crippen LogP contribution in [0.5, 0.6) is 0 Å². The largest absolute Gasteiger partial charge is 0.366 e. The fraction of sp³-hybridized carbons (Fsp3) is 0.692. The highest BCUT2D eigenvalue weighted by Crippen LogP contribution is 2.30. The Morgan fingerprint density at radius 3 is 2.94 bits per heavy atom. The summed E-state index contributed by atoms with van der Waals surface area (Å²) in [6.45, 7) is 5.34. The zero-order chi connectivity index (χ0) is 13.0. The molecule has 1 aliphatic carbocycles. The van der Waals surface area contributed by atoms with Gasteiger partial charge in [-0.25, -0.2) is 4.98 Å². The molecule has 0 bridgehead atoms. The molecule has 0 spiro atoms. The molecular formula is C13H21BrN4. The Morgan fingerprint density at radius 1 is 1.44 bits per heavy atom. The van der Waals surface area contributed by atoms with E-state index in [1.54, 1.807) is 0 Å². The summed E-state index contributed by atoms with van der Waals surface area (Å²) in [5.41, 5.74) is 0. The van der Waals surface area contributed by atoms with E-state index in [-0.39, 0.29) is 0 Å². The second kappa shape index (κ2) is 6.36. The van der Waals surface area contributed by atoms with Crippen LogP contribution >= 0.6 is 15.9 Å². The maximum atomic E-state index is 4.53. The maximum Gasteiger partial charge on any atom is 0.224 e. The number of anilines is 2. The summed E-state index contributed by atoms with van der Waals surface area (Å²) in [6, 6.07) is 0.537. The third kappa shape index (κ3) is 3.34. The van der Waals surface area contributed by atoms with E-state index >= 15 is 0 Å². The molecule has 18 heavy (non-hydrogen) atoms. The third-order valence-electron chi connectivity index (χ3n) is 3.46. The third-order valence-corrected chi connectivity index (χ3v) is 4.04. The Morgan fingerprint density at radius 2 is 2.28 bits per heavy atom. The van der Waals surface area contributed by atoms with Crippen LogP contribution in [0.4, 0.5) is 11.8 Å². The van der Waals surface area contributed by atoms with Gasteiger partial charge in [-0.05, 0) is 41.1 Å². The van der Waals surface area contributed by atoms with Gasteiger partial charge < -0.3 is 10.6 Å². The molecule has 2 rings (SSSR count). The molecule has 100 valence electrons. The zero-order valence-corrected chi connectivity index (χ0v) is 12.6. The van der Waals surface area contributed by atoms with Crippen LogP contribution in [-0.2, 0) is 0 Å². The molecule has 1 aromatic rings. The molecule has 2 atom stereocenters. The molecule has 1 heterocycles. The van der Waals surface area contributed by atoms with Gasteiger partial charge in [0.2, 0.25) is 5.95 Å². The van der Waals surface area contributed by atoms with Crippen molar-refractivity contribution in [3.63, 3.8) is 0 Å². The zero-order valence-electron chi connectivity index (χ0n) is 11.0. The normalized spacial score (nSPS) is 23.1. The number of hydrogen-bond acceptors (Lipinski definition) is 4. The van der Waals surface area contributed by atoms with Gasteiger partial charge in [0, 0.05) is 18.8 Å². The van der Waals surface area contributed by atoms with Gasteiger partial charge in [0.15, 0.2) is 0 Å². The van der Waals surface area contributed by atoms with Crippen LogP contribution in [0.25, 0.3) is 0 Å². The summed E-state index contributed by atoms with van der Waals surface area (Å²) < 4.78 is 0.934. The standard InChI is InChI=1S/C13H21BrN4/c1-3-7-15-13-16-8-10(14)12(18-13)17-11-6-4-5-9(11)2/h8-9,11H,3-7H2,1-2H3,(H2,15,16,17,18). The quantitative estimate of drug-likeness (QED) is 0.871. The predicted molar refractivity (Wildman–Crippen MR) is 78.9 cm³/mol. The average Bonchev–Trinajstić information content (AvgIpc) is 2.76. The lowest BCUT2D eigenvalue weighted by molar-refractivity contribution is 0.554. The molecule has 0 radical (unpaired) electrons. The van der Waals surface area contributed by atoms with Crippen molar-refractivity contribution in [2.24, 2.45) is 5.92 Å². The van der Waals surface area contributed by atoms with Crippen molar-refractivity contribution < 1.29 is 0 Å². The molecule has 1 aliphatic rings. The summed E-state index contributed by atoms with van der Waals surface area (Å²) in [6.07, 6.45) is 6.73. The fourth-order valence-corrected chi connectivity index (χ4v) is 2.63. The van der Waals surface area contributed by atoms with Crippen molar-refractivity contribution >= 4 is 27.7 Å². The first-order valence-electron chi connectivity index (χ1n) is 6.73. The predicted octanol–water partition coefficient (Wildman–Crippen LogP) is 3.66. The van der Waals surface area contributed by atoms with E-state index in [0.29, 0.717) is 12.0 Å². The SMILES string of the molecule is CCCNc1ncc(Br)c(NC2CCCC2C)n1. The van der Waals surface area contributed by atoms with Crippen LogP contribution in [0, 0.1) is 5.92 Å². The Labute approximate surface area is 117 Å². The molecule has 0 amide bonds. The lowest BCUT2D eigenvalue weighted by Crippen LogP contribution is -2.23. The summed E-state index contributed by atoms with van der Waals surface area (Å²) in [5.74, 6) is 2.33. The summed E-state index contributed by atoms with van der Waals surface area (Å²) >= 11 is 3.51. The van der Waals surface area contributed by atoms with Crippen molar-refractivity contribution in [3.05, 3.63) is 10.7 Å². The number of nitrogens with zero attached hydrogens (tertiary/aromatic N) is 2. The van der Waals surface area contributed by atoms with Gasteiger partial charge in [-0.2, -0.15) is 4.98 Å². The second-order valence-electron chi connectivity index (χ2n) is 4.98. The number of aromatic nitrogens is 2. The van der Waals surface area contributed by atoms with E-state index < -0.39 is 0 Å². The molecule has 1 saturated carbocycles. The summed E-state index contributed by atoms with van der Waals surface area (Å²) in [7, 11) is 0. The molecule has 0 aliphatic heterocycles. The number of halogens is 1. The summed E-state index contributed by atoms with van der Waals surface area (Å²) in [4.78, 5) is 8.79. The molecule has 2 N–H and O–H groups in total. The van der Waals surface area contributed by atoms with Gasteiger partial charge in [-0.3, -0.25) is 0 Å². The lowest BCUT2D eigenvalue weighted by Gasteiger charge is -2.19. The van der Waals surface area contributed by atoms with Gasteiger partial charge in [0.25, 0.3) is 0 Å². The molecule has 1 aromatic heterocycles.